The van der Waals surface area contributed by atoms with Crippen LogP contribution in [0.15, 0.2) is 30.3 Å². The average Bonchev–Trinajstić information content (AvgIpc) is 3.17. The Morgan fingerprint density at radius 1 is 1.26 bits per heavy atom. The van der Waals surface area contributed by atoms with Crippen LogP contribution in [0.3, 0.4) is 0 Å². The molecule has 0 aliphatic carbocycles. The summed E-state index contributed by atoms with van der Waals surface area (Å²) in [6.45, 7) is 2.96. The summed E-state index contributed by atoms with van der Waals surface area (Å²) in [7, 11) is 3.31. The molecule has 164 valence electrons. The maximum atomic E-state index is 13.4. The minimum atomic E-state index is -2.57. The number of carbonyl (C=O) groups is 1. The SMILES string of the molecule is CNC(=O)c1ccc2c(n1)c(N(C)c1ccc(C)c(C(F)F)c1)nn2C1CCOCC1. The Balaban J connectivity index is 1.85. The van der Waals surface area contributed by atoms with E-state index in [4.69, 9.17) is 9.84 Å². The molecular weight excluding hydrogens is 404 g/mol. The Bertz CT molecular complexity index is 1110. The molecule has 1 fully saturated rings. The number of aryl methyl sites for hydroxylation is 1. The van der Waals surface area contributed by atoms with Gasteiger partial charge in [0.2, 0.25) is 0 Å². The Kier molecular flexibility index (Phi) is 5.86. The highest BCUT2D eigenvalue weighted by atomic mass is 19.3. The van der Waals surface area contributed by atoms with E-state index in [0.29, 0.717) is 35.8 Å². The van der Waals surface area contributed by atoms with Gasteiger partial charge in [-0.3, -0.25) is 9.48 Å². The highest BCUT2D eigenvalue weighted by Gasteiger charge is 2.25. The molecule has 0 bridgehead atoms. The summed E-state index contributed by atoms with van der Waals surface area (Å²) in [5.41, 5.74) is 2.71. The van der Waals surface area contributed by atoms with Crippen LogP contribution in [0.1, 0.15) is 46.9 Å². The van der Waals surface area contributed by atoms with Crippen molar-refractivity contribution in [3.8, 4) is 0 Å². The van der Waals surface area contributed by atoms with Crippen molar-refractivity contribution >= 4 is 28.4 Å². The number of fused-ring (bicyclic) bond motifs is 1. The number of anilines is 2. The third-order valence-electron chi connectivity index (χ3n) is 5.73. The number of halogens is 2. The summed E-state index contributed by atoms with van der Waals surface area (Å²) in [5, 5.41) is 7.40. The van der Waals surface area contributed by atoms with Gasteiger partial charge in [-0.05, 0) is 49.6 Å². The fourth-order valence-electron chi connectivity index (χ4n) is 3.89. The molecule has 4 rings (SSSR count). The molecule has 1 N–H and O–H groups in total. The summed E-state index contributed by atoms with van der Waals surface area (Å²) in [6.07, 6.45) is -0.933. The first-order chi connectivity index (χ1) is 14.9. The van der Waals surface area contributed by atoms with E-state index in [-0.39, 0.29) is 23.2 Å². The van der Waals surface area contributed by atoms with Crippen molar-refractivity contribution in [1.29, 1.82) is 0 Å². The summed E-state index contributed by atoms with van der Waals surface area (Å²) in [4.78, 5) is 18.5. The lowest BCUT2D eigenvalue weighted by Gasteiger charge is -2.23. The smallest absolute Gasteiger partial charge is 0.269 e. The van der Waals surface area contributed by atoms with E-state index in [1.165, 1.54) is 6.07 Å². The monoisotopic (exact) mass is 429 g/mol. The van der Waals surface area contributed by atoms with Crippen molar-refractivity contribution in [2.75, 3.05) is 32.2 Å². The fourth-order valence-corrected chi connectivity index (χ4v) is 3.89. The topological polar surface area (TPSA) is 72.3 Å². The molecule has 1 aromatic carbocycles. The van der Waals surface area contributed by atoms with Crippen molar-refractivity contribution in [1.82, 2.24) is 20.1 Å². The lowest BCUT2D eigenvalue weighted by molar-refractivity contribution is 0.0675. The highest BCUT2D eigenvalue weighted by Crippen LogP contribution is 2.35. The second kappa shape index (κ2) is 8.58. The number of nitrogens with zero attached hydrogens (tertiary/aromatic N) is 4. The first kappa shape index (κ1) is 21.2. The second-order valence-electron chi connectivity index (χ2n) is 7.66. The number of aromatic nitrogens is 3. The number of hydrogen-bond donors (Lipinski definition) is 1. The van der Waals surface area contributed by atoms with Crippen LogP contribution in [0.2, 0.25) is 0 Å². The summed E-state index contributed by atoms with van der Waals surface area (Å²) >= 11 is 0. The van der Waals surface area contributed by atoms with E-state index in [9.17, 15) is 13.6 Å². The van der Waals surface area contributed by atoms with Gasteiger partial charge in [-0.15, -0.1) is 0 Å². The molecule has 3 aromatic rings. The standard InChI is InChI=1S/C22H25F2N5O2/c1-13-4-5-15(12-16(13)20(23)24)28(3)21-19-18(7-6-17(26-19)22(30)25-2)29(27-21)14-8-10-31-11-9-14/h4-7,12,14,20H,8-11H2,1-3H3,(H,25,30). The van der Waals surface area contributed by atoms with Crippen LogP contribution in [0.4, 0.5) is 20.3 Å². The number of ether oxygens (including phenoxy) is 1. The van der Waals surface area contributed by atoms with Gasteiger partial charge in [0.25, 0.3) is 12.3 Å². The molecule has 1 aliphatic heterocycles. The first-order valence-electron chi connectivity index (χ1n) is 10.2. The largest absolute Gasteiger partial charge is 0.381 e. The third kappa shape index (κ3) is 3.97. The lowest BCUT2D eigenvalue weighted by atomic mass is 10.1. The quantitative estimate of drug-likeness (QED) is 0.660. The molecule has 9 heteroatoms. The molecule has 0 saturated carbocycles. The average molecular weight is 429 g/mol. The van der Waals surface area contributed by atoms with E-state index < -0.39 is 6.43 Å². The van der Waals surface area contributed by atoms with Gasteiger partial charge in [-0.2, -0.15) is 5.10 Å². The lowest BCUT2D eigenvalue weighted by Crippen LogP contribution is -2.21. The van der Waals surface area contributed by atoms with E-state index >= 15 is 0 Å². The molecular formula is C22H25F2N5O2. The predicted molar refractivity (Wildman–Crippen MR) is 114 cm³/mol. The molecule has 31 heavy (non-hydrogen) atoms. The minimum Gasteiger partial charge on any atom is -0.381 e. The van der Waals surface area contributed by atoms with Gasteiger partial charge in [0.15, 0.2) is 5.82 Å². The molecule has 0 radical (unpaired) electrons. The van der Waals surface area contributed by atoms with Gasteiger partial charge >= 0.3 is 0 Å². The van der Waals surface area contributed by atoms with E-state index in [1.807, 2.05) is 10.7 Å². The Hall–Kier alpha value is -3.07. The van der Waals surface area contributed by atoms with Crippen LogP contribution in [0.25, 0.3) is 11.0 Å². The molecule has 0 atom stereocenters. The molecule has 1 amide bonds. The van der Waals surface area contributed by atoms with Crippen LogP contribution in [-0.2, 0) is 4.74 Å². The molecule has 7 nitrogen and oxygen atoms in total. The summed E-state index contributed by atoms with van der Waals surface area (Å²) < 4.78 is 34.3. The minimum absolute atomic E-state index is 0.0171. The van der Waals surface area contributed by atoms with Crippen molar-refractivity contribution < 1.29 is 18.3 Å². The van der Waals surface area contributed by atoms with Gasteiger partial charge in [0.1, 0.15) is 11.2 Å². The predicted octanol–water partition coefficient (Wildman–Crippen LogP) is 4.16. The highest BCUT2D eigenvalue weighted by molar-refractivity contribution is 5.97. The van der Waals surface area contributed by atoms with Crippen LogP contribution in [-0.4, -0.2) is 48.0 Å². The van der Waals surface area contributed by atoms with Crippen molar-refractivity contribution in [2.24, 2.45) is 0 Å². The van der Waals surface area contributed by atoms with Gasteiger partial charge in [0, 0.05) is 38.6 Å². The molecule has 0 unspecified atom stereocenters. The Morgan fingerprint density at radius 2 is 2.00 bits per heavy atom. The van der Waals surface area contributed by atoms with Crippen molar-refractivity contribution in [3.63, 3.8) is 0 Å². The normalized spacial score (nSPS) is 14.9. The number of alkyl halides is 2. The van der Waals surface area contributed by atoms with E-state index in [0.717, 1.165) is 18.4 Å². The molecule has 1 aliphatic rings. The molecule has 2 aromatic heterocycles. The molecule has 0 spiro atoms. The number of amides is 1. The maximum Gasteiger partial charge on any atom is 0.269 e. The van der Waals surface area contributed by atoms with Gasteiger partial charge in [0.05, 0.1) is 11.6 Å². The van der Waals surface area contributed by atoms with E-state index in [1.54, 1.807) is 44.1 Å². The number of rotatable bonds is 5. The van der Waals surface area contributed by atoms with Crippen LogP contribution in [0.5, 0.6) is 0 Å². The molecule has 1 saturated heterocycles. The number of carbonyl (C=O) groups excluding carboxylic acids is 1. The van der Waals surface area contributed by atoms with Crippen LogP contribution < -0.4 is 10.2 Å². The number of nitrogens with one attached hydrogen (secondary N) is 1. The van der Waals surface area contributed by atoms with E-state index in [2.05, 4.69) is 10.3 Å². The van der Waals surface area contributed by atoms with Crippen LogP contribution in [0, 0.1) is 6.92 Å². The summed E-state index contributed by atoms with van der Waals surface area (Å²) in [5.74, 6) is 0.209. The van der Waals surface area contributed by atoms with Gasteiger partial charge < -0.3 is 15.0 Å². The van der Waals surface area contributed by atoms with Crippen molar-refractivity contribution in [3.05, 3.63) is 47.2 Å². The van der Waals surface area contributed by atoms with Crippen molar-refractivity contribution in [2.45, 2.75) is 32.2 Å². The third-order valence-corrected chi connectivity index (χ3v) is 5.73. The van der Waals surface area contributed by atoms with Crippen LogP contribution >= 0.6 is 0 Å². The zero-order chi connectivity index (χ0) is 22.1. The number of benzene rings is 1. The summed E-state index contributed by atoms with van der Waals surface area (Å²) in [6, 6.07) is 8.58. The second-order valence-corrected chi connectivity index (χ2v) is 7.66. The Morgan fingerprint density at radius 3 is 2.68 bits per heavy atom. The zero-order valence-corrected chi connectivity index (χ0v) is 17.7. The Labute approximate surface area is 179 Å². The first-order valence-corrected chi connectivity index (χ1v) is 10.2. The number of pyridine rings is 1. The maximum absolute atomic E-state index is 13.4. The van der Waals surface area contributed by atoms with Gasteiger partial charge in [-0.25, -0.2) is 13.8 Å². The zero-order valence-electron chi connectivity index (χ0n) is 17.7. The van der Waals surface area contributed by atoms with Gasteiger partial charge in [-0.1, -0.05) is 6.07 Å². The fraction of sp³-hybridized carbons (Fsp3) is 0.409. The number of hydrogen-bond acceptors (Lipinski definition) is 5. The molecule has 3 heterocycles.